The van der Waals surface area contributed by atoms with Crippen LogP contribution >= 0.6 is 0 Å². The predicted octanol–water partition coefficient (Wildman–Crippen LogP) is 2.65. The minimum absolute atomic E-state index is 0.249. The highest BCUT2D eigenvalue weighted by Crippen LogP contribution is 2.23. The highest BCUT2D eigenvalue weighted by atomic mass is 32.2. The van der Waals surface area contributed by atoms with E-state index in [1.807, 2.05) is 30.3 Å². The van der Waals surface area contributed by atoms with Crippen LogP contribution in [0.4, 0.5) is 0 Å². The third kappa shape index (κ3) is 3.58. The Kier molecular flexibility index (Phi) is 3.74. The fourth-order valence-corrected chi connectivity index (χ4v) is 1.53. The number of ether oxygens (including phenoxy) is 1. The molecule has 0 aliphatic heterocycles. The molecule has 88 valence electrons. The second-order valence-electron chi connectivity index (χ2n) is 3.17. The maximum absolute atomic E-state index is 10.3. The molecule has 0 radical (unpaired) electrons. The van der Waals surface area contributed by atoms with Gasteiger partial charge in [-0.3, -0.25) is 0 Å². The largest absolute Gasteiger partial charge is 0.740 e. The smallest absolute Gasteiger partial charge is 0.139 e. The molecule has 2 rings (SSSR count). The number of para-hydroxylation sites is 1. The molecule has 0 aromatic heterocycles. The Labute approximate surface area is 101 Å². The molecular weight excluding hydrogens is 240 g/mol. The lowest BCUT2D eigenvalue weighted by atomic mass is 10.3. The van der Waals surface area contributed by atoms with E-state index in [-0.39, 0.29) is 5.75 Å². The van der Waals surface area contributed by atoms with Gasteiger partial charge in [-0.1, -0.05) is 18.2 Å². The molecule has 2 aromatic carbocycles. The minimum Gasteiger partial charge on any atom is -0.740 e. The molecule has 0 saturated carbocycles. The van der Waals surface area contributed by atoms with Gasteiger partial charge in [-0.2, -0.15) is 0 Å². The first kappa shape index (κ1) is 11.6. The number of benzene rings is 2. The Hall–Kier alpha value is -1.85. The minimum atomic E-state index is -2.55. The number of hydrogen-bond donors (Lipinski definition) is 0. The Morgan fingerprint density at radius 2 is 1.35 bits per heavy atom. The molecule has 0 bridgehead atoms. The van der Waals surface area contributed by atoms with Crippen LogP contribution in [-0.2, 0) is 11.4 Å². The lowest BCUT2D eigenvalue weighted by molar-refractivity contribution is 0.439. The third-order valence-corrected chi connectivity index (χ3v) is 2.30. The summed E-state index contributed by atoms with van der Waals surface area (Å²) in [6, 6.07) is 15.6. The van der Waals surface area contributed by atoms with Crippen molar-refractivity contribution in [3.8, 4) is 17.2 Å². The van der Waals surface area contributed by atoms with Crippen molar-refractivity contribution in [2.45, 2.75) is 0 Å². The van der Waals surface area contributed by atoms with Crippen molar-refractivity contribution in [2.24, 2.45) is 0 Å². The van der Waals surface area contributed by atoms with Gasteiger partial charge in [0.15, 0.2) is 0 Å². The summed E-state index contributed by atoms with van der Waals surface area (Å²) < 4.78 is 30.6. The number of hydrogen-bond acceptors (Lipinski definition) is 4. The van der Waals surface area contributed by atoms with E-state index < -0.39 is 11.4 Å². The zero-order valence-corrected chi connectivity index (χ0v) is 9.55. The van der Waals surface area contributed by atoms with Crippen molar-refractivity contribution in [3.63, 3.8) is 0 Å². The summed E-state index contributed by atoms with van der Waals surface area (Å²) in [5, 5.41) is 0. The van der Waals surface area contributed by atoms with Gasteiger partial charge in [0.1, 0.15) is 28.6 Å². The van der Waals surface area contributed by atoms with Gasteiger partial charge in [-0.25, -0.2) is 4.21 Å². The van der Waals surface area contributed by atoms with E-state index in [0.29, 0.717) is 11.5 Å². The second-order valence-corrected chi connectivity index (χ2v) is 3.75. The molecule has 4 nitrogen and oxygen atoms in total. The van der Waals surface area contributed by atoms with Crippen molar-refractivity contribution >= 4 is 11.4 Å². The Balaban J connectivity index is 2.06. The molecule has 2 aromatic rings. The Morgan fingerprint density at radius 1 is 0.824 bits per heavy atom. The van der Waals surface area contributed by atoms with Gasteiger partial charge in [0.25, 0.3) is 0 Å². The monoisotopic (exact) mass is 249 g/mol. The molecule has 0 saturated heterocycles. The molecule has 0 fully saturated rings. The van der Waals surface area contributed by atoms with Crippen LogP contribution in [0, 0.1) is 0 Å². The Morgan fingerprint density at radius 3 is 1.94 bits per heavy atom. The van der Waals surface area contributed by atoms with Gasteiger partial charge in [-0.05, 0) is 36.4 Å². The summed E-state index contributed by atoms with van der Waals surface area (Å²) in [7, 11) is 0. The summed E-state index contributed by atoms with van der Waals surface area (Å²) in [5.74, 6) is 1.58. The van der Waals surface area contributed by atoms with E-state index in [1.54, 1.807) is 12.1 Å². The van der Waals surface area contributed by atoms with Crippen LogP contribution in [0.25, 0.3) is 0 Å². The van der Waals surface area contributed by atoms with Crippen molar-refractivity contribution in [2.75, 3.05) is 0 Å². The maximum Gasteiger partial charge on any atom is 0.139 e. The molecule has 0 N–H and O–H groups in total. The van der Waals surface area contributed by atoms with Gasteiger partial charge >= 0.3 is 0 Å². The van der Waals surface area contributed by atoms with Crippen LogP contribution in [0.1, 0.15) is 0 Å². The molecule has 0 aliphatic rings. The molecule has 1 atom stereocenters. The van der Waals surface area contributed by atoms with Crippen LogP contribution in [-0.4, -0.2) is 8.76 Å². The average molecular weight is 249 g/mol. The summed E-state index contributed by atoms with van der Waals surface area (Å²) in [5.41, 5.74) is 0. The van der Waals surface area contributed by atoms with E-state index in [4.69, 9.17) is 4.74 Å². The van der Waals surface area contributed by atoms with Gasteiger partial charge in [0.2, 0.25) is 0 Å². The maximum atomic E-state index is 10.3. The zero-order chi connectivity index (χ0) is 12.1. The van der Waals surface area contributed by atoms with Crippen molar-refractivity contribution < 1.29 is 17.7 Å². The highest BCUT2D eigenvalue weighted by Gasteiger charge is 1.98. The Bertz CT molecular complexity index is 496. The molecule has 5 heteroatoms. The molecule has 0 amide bonds. The molecule has 0 heterocycles. The van der Waals surface area contributed by atoms with Crippen molar-refractivity contribution in [1.82, 2.24) is 0 Å². The van der Waals surface area contributed by atoms with Crippen LogP contribution in [0.3, 0.4) is 0 Å². The summed E-state index contributed by atoms with van der Waals surface area (Å²) in [6.07, 6.45) is 0. The lowest BCUT2D eigenvalue weighted by Crippen LogP contribution is -1.97. The summed E-state index contributed by atoms with van der Waals surface area (Å²) in [4.78, 5) is 0. The van der Waals surface area contributed by atoms with Crippen LogP contribution < -0.4 is 8.92 Å². The summed E-state index contributed by atoms with van der Waals surface area (Å²) in [6.45, 7) is 0. The third-order valence-electron chi connectivity index (χ3n) is 1.97. The SMILES string of the molecule is O=S([O-])Oc1ccc(Oc2ccccc2)cc1. The fourth-order valence-electron chi connectivity index (χ4n) is 1.27. The zero-order valence-electron chi connectivity index (χ0n) is 8.74. The van der Waals surface area contributed by atoms with Crippen LogP contribution in [0.5, 0.6) is 17.2 Å². The standard InChI is InChI=1S/C12H10O4S/c13-17(14)16-12-8-6-11(7-9-12)15-10-4-2-1-3-5-10/h1-9H,(H,13,14)/p-1. The van der Waals surface area contributed by atoms with Crippen LogP contribution in [0.15, 0.2) is 54.6 Å². The normalized spacial score (nSPS) is 11.8. The van der Waals surface area contributed by atoms with E-state index in [2.05, 4.69) is 4.18 Å². The van der Waals surface area contributed by atoms with E-state index in [0.717, 1.165) is 0 Å². The second kappa shape index (κ2) is 5.47. The predicted molar refractivity (Wildman–Crippen MR) is 62.5 cm³/mol. The van der Waals surface area contributed by atoms with E-state index in [1.165, 1.54) is 12.1 Å². The van der Waals surface area contributed by atoms with E-state index in [9.17, 15) is 8.76 Å². The first-order valence-electron chi connectivity index (χ1n) is 4.84. The molecular formula is C12H9O4S-. The summed E-state index contributed by atoms with van der Waals surface area (Å²) >= 11 is -2.55. The van der Waals surface area contributed by atoms with Gasteiger partial charge in [0.05, 0.1) is 0 Å². The van der Waals surface area contributed by atoms with Gasteiger partial charge in [0, 0.05) is 0 Å². The van der Waals surface area contributed by atoms with E-state index >= 15 is 0 Å². The van der Waals surface area contributed by atoms with Crippen molar-refractivity contribution in [3.05, 3.63) is 54.6 Å². The number of rotatable bonds is 4. The first-order chi connectivity index (χ1) is 8.24. The average Bonchev–Trinajstić information content (AvgIpc) is 2.32. The molecule has 1 unspecified atom stereocenters. The molecule has 17 heavy (non-hydrogen) atoms. The molecule has 0 spiro atoms. The quantitative estimate of drug-likeness (QED) is 0.781. The highest BCUT2D eigenvalue weighted by molar-refractivity contribution is 7.74. The fraction of sp³-hybridized carbons (Fsp3) is 0. The van der Waals surface area contributed by atoms with Crippen molar-refractivity contribution in [1.29, 1.82) is 0 Å². The lowest BCUT2D eigenvalue weighted by Gasteiger charge is -2.08. The van der Waals surface area contributed by atoms with Gasteiger partial charge < -0.3 is 13.5 Å². The topological polar surface area (TPSA) is 58.6 Å². The molecule has 0 aliphatic carbocycles. The first-order valence-corrected chi connectivity index (χ1v) is 5.84. The van der Waals surface area contributed by atoms with Crippen LogP contribution in [0.2, 0.25) is 0 Å². The van der Waals surface area contributed by atoms with Gasteiger partial charge in [-0.15, -0.1) is 0 Å².